The van der Waals surface area contributed by atoms with E-state index < -0.39 is 10.7 Å². The van der Waals surface area contributed by atoms with Gasteiger partial charge in [-0.25, -0.2) is 0 Å². The van der Waals surface area contributed by atoms with E-state index in [2.05, 4.69) is 22.5 Å². The normalized spacial score (nSPS) is 9.50. The molecule has 0 amide bonds. The molecule has 14 heavy (non-hydrogen) atoms. The average Bonchev–Trinajstić information content (AvgIpc) is 2.16. The Morgan fingerprint density at radius 2 is 2.21 bits per heavy atom. The van der Waals surface area contributed by atoms with Crippen LogP contribution in [0.4, 0.5) is 5.69 Å². The molecule has 5 heteroatoms. The summed E-state index contributed by atoms with van der Waals surface area (Å²) in [6.07, 6.45) is 1.05. The van der Waals surface area contributed by atoms with Crippen LogP contribution >= 0.6 is 15.9 Å². The zero-order valence-electron chi connectivity index (χ0n) is 7.07. The average molecular weight is 256 g/mol. The number of nitro benzene ring substituents is 1. The Labute approximate surface area is 88.5 Å². The monoisotopic (exact) mass is 255 g/mol. The fourth-order valence-corrected chi connectivity index (χ4v) is 1.56. The van der Waals surface area contributed by atoms with Crippen LogP contribution in [-0.2, 0) is 0 Å². The number of allylic oxidation sites excluding steroid dienone is 1. The Balaban J connectivity index is 3.44. The first-order chi connectivity index (χ1) is 6.57. The smallest absolute Gasteiger partial charge is 0.281 e. The van der Waals surface area contributed by atoms with Gasteiger partial charge in [-0.15, -0.1) is 0 Å². The molecule has 0 aliphatic heterocycles. The van der Waals surface area contributed by atoms with Gasteiger partial charge in [0.05, 0.1) is 4.92 Å². The summed E-state index contributed by atoms with van der Waals surface area (Å²) in [5.74, 6) is -0.468. The first-order valence-electron chi connectivity index (χ1n) is 3.67. The van der Waals surface area contributed by atoms with E-state index in [1.807, 2.05) is 0 Å². The standard InChI is InChI=1S/C9H6BrNO3/c1-2-8(12)9-6(10)4-3-5-7(9)11(13)14/h2-5H,1H2. The molecule has 0 atom stereocenters. The summed E-state index contributed by atoms with van der Waals surface area (Å²) in [5, 5.41) is 10.6. The molecule has 0 saturated carbocycles. The lowest BCUT2D eigenvalue weighted by Gasteiger charge is -2.00. The third kappa shape index (κ3) is 1.88. The number of nitro groups is 1. The van der Waals surface area contributed by atoms with Gasteiger partial charge in [-0.3, -0.25) is 14.9 Å². The van der Waals surface area contributed by atoms with Crippen LogP contribution in [0.2, 0.25) is 0 Å². The number of hydrogen-bond donors (Lipinski definition) is 0. The van der Waals surface area contributed by atoms with E-state index >= 15 is 0 Å². The Bertz CT molecular complexity index is 415. The largest absolute Gasteiger partial charge is 0.289 e. The van der Waals surface area contributed by atoms with Crippen molar-refractivity contribution >= 4 is 27.4 Å². The van der Waals surface area contributed by atoms with Crippen molar-refractivity contribution in [1.82, 2.24) is 0 Å². The molecule has 1 aromatic rings. The Kier molecular flexibility index (Phi) is 3.14. The second kappa shape index (κ2) is 4.15. The molecule has 0 spiro atoms. The van der Waals surface area contributed by atoms with E-state index in [1.165, 1.54) is 12.1 Å². The Hall–Kier alpha value is -1.49. The van der Waals surface area contributed by atoms with Crippen LogP contribution in [0.3, 0.4) is 0 Å². The molecule has 0 radical (unpaired) electrons. The number of halogens is 1. The van der Waals surface area contributed by atoms with Crippen LogP contribution in [0.5, 0.6) is 0 Å². The Morgan fingerprint density at radius 1 is 1.57 bits per heavy atom. The zero-order chi connectivity index (χ0) is 10.7. The van der Waals surface area contributed by atoms with Gasteiger partial charge in [0.2, 0.25) is 0 Å². The van der Waals surface area contributed by atoms with Gasteiger partial charge in [0.1, 0.15) is 5.56 Å². The predicted octanol–water partition coefficient (Wildman–Crippen LogP) is 2.73. The molecule has 0 saturated heterocycles. The topological polar surface area (TPSA) is 60.2 Å². The minimum absolute atomic E-state index is 0.0347. The number of ketones is 1. The molecular weight excluding hydrogens is 250 g/mol. The summed E-state index contributed by atoms with van der Waals surface area (Å²) in [5.41, 5.74) is -0.184. The number of benzene rings is 1. The van der Waals surface area contributed by atoms with E-state index in [4.69, 9.17) is 0 Å². The highest BCUT2D eigenvalue weighted by Crippen LogP contribution is 2.26. The maximum absolute atomic E-state index is 11.3. The van der Waals surface area contributed by atoms with Crippen molar-refractivity contribution in [1.29, 1.82) is 0 Å². The minimum Gasteiger partial charge on any atom is -0.289 e. The van der Waals surface area contributed by atoms with Gasteiger partial charge in [-0.1, -0.05) is 12.6 Å². The third-order valence-electron chi connectivity index (χ3n) is 1.62. The maximum atomic E-state index is 11.3. The van der Waals surface area contributed by atoms with Gasteiger partial charge in [0, 0.05) is 10.5 Å². The van der Waals surface area contributed by atoms with Crippen molar-refractivity contribution in [3.05, 3.63) is 51.0 Å². The predicted molar refractivity (Wildman–Crippen MR) is 55.3 cm³/mol. The molecule has 0 aliphatic carbocycles. The summed E-state index contributed by atoms with van der Waals surface area (Å²) >= 11 is 3.08. The SMILES string of the molecule is C=CC(=O)c1c(Br)cccc1[N+](=O)[O-]. The summed E-state index contributed by atoms with van der Waals surface area (Å²) in [4.78, 5) is 21.3. The highest BCUT2D eigenvalue weighted by Gasteiger charge is 2.20. The van der Waals surface area contributed by atoms with Gasteiger partial charge < -0.3 is 0 Å². The van der Waals surface area contributed by atoms with Crippen LogP contribution in [0, 0.1) is 10.1 Å². The van der Waals surface area contributed by atoms with E-state index in [1.54, 1.807) is 6.07 Å². The second-order valence-electron chi connectivity index (χ2n) is 2.46. The zero-order valence-corrected chi connectivity index (χ0v) is 8.65. The van der Waals surface area contributed by atoms with Gasteiger partial charge in [-0.2, -0.15) is 0 Å². The fraction of sp³-hybridized carbons (Fsp3) is 0. The molecule has 0 N–H and O–H groups in total. The summed E-state index contributed by atoms with van der Waals surface area (Å²) in [7, 11) is 0. The Morgan fingerprint density at radius 3 is 2.71 bits per heavy atom. The molecule has 0 unspecified atom stereocenters. The summed E-state index contributed by atoms with van der Waals surface area (Å²) in [6.45, 7) is 3.29. The van der Waals surface area contributed by atoms with Crippen molar-refractivity contribution in [3.63, 3.8) is 0 Å². The first-order valence-corrected chi connectivity index (χ1v) is 4.47. The van der Waals surface area contributed by atoms with Gasteiger partial charge >= 0.3 is 0 Å². The van der Waals surface area contributed by atoms with Gasteiger partial charge in [0.15, 0.2) is 5.78 Å². The van der Waals surface area contributed by atoms with E-state index in [-0.39, 0.29) is 11.3 Å². The van der Waals surface area contributed by atoms with Gasteiger partial charge in [0.25, 0.3) is 5.69 Å². The third-order valence-corrected chi connectivity index (χ3v) is 2.28. The maximum Gasteiger partial charge on any atom is 0.281 e. The number of carbonyl (C=O) groups is 1. The first kappa shape index (κ1) is 10.6. The second-order valence-corrected chi connectivity index (χ2v) is 3.31. The lowest BCUT2D eigenvalue weighted by molar-refractivity contribution is -0.385. The van der Waals surface area contributed by atoms with Crippen molar-refractivity contribution in [2.45, 2.75) is 0 Å². The lowest BCUT2D eigenvalue weighted by atomic mass is 10.1. The van der Waals surface area contributed by atoms with Crippen molar-refractivity contribution in [2.24, 2.45) is 0 Å². The molecule has 72 valence electrons. The van der Waals surface area contributed by atoms with E-state index in [0.717, 1.165) is 6.08 Å². The highest BCUT2D eigenvalue weighted by atomic mass is 79.9. The van der Waals surface area contributed by atoms with E-state index in [9.17, 15) is 14.9 Å². The molecule has 0 aliphatic rings. The molecule has 0 heterocycles. The van der Waals surface area contributed by atoms with Crippen LogP contribution in [0.25, 0.3) is 0 Å². The number of hydrogen-bond acceptors (Lipinski definition) is 3. The minimum atomic E-state index is -0.596. The quantitative estimate of drug-likeness (QED) is 0.361. The molecule has 0 aromatic heterocycles. The molecule has 1 aromatic carbocycles. The van der Waals surface area contributed by atoms with Crippen LogP contribution in [-0.4, -0.2) is 10.7 Å². The molecular formula is C9H6BrNO3. The molecule has 0 bridgehead atoms. The van der Waals surface area contributed by atoms with Crippen molar-refractivity contribution in [3.8, 4) is 0 Å². The van der Waals surface area contributed by atoms with Crippen LogP contribution in [0.15, 0.2) is 35.3 Å². The molecule has 4 nitrogen and oxygen atoms in total. The highest BCUT2D eigenvalue weighted by molar-refractivity contribution is 9.10. The number of nitrogens with zero attached hydrogens (tertiary/aromatic N) is 1. The van der Waals surface area contributed by atoms with Crippen molar-refractivity contribution < 1.29 is 9.72 Å². The number of carbonyl (C=O) groups excluding carboxylic acids is 1. The molecule has 1 rings (SSSR count). The van der Waals surface area contributed by atoms with Crippen molar-refractivity contribution in [2.75, 3.05) is 0 Å². The van der Waals surface area contributed by atoms with E-state index in [0.29, 0.717) is 4.47 Å². The number of rotatable bonds is 3. The lowest BCUT2D eigenvalue weighted by Crippen LogP contribution is -2.01. The van der Waals surface area contributed by atoms with Crippen LogP contribution in [0.1, 0.15) is 10.4 Å². The van der Waals surface area contributed by atoms with Crippen LogP contribution < -0.4 is 0 Å². The van der Waals surface area contributed by atoms with Gasteiger partial charge in [-0.05, 0) is 28.1 Å². The fourth-order valence-electron chi connectivity index (χ4n) is 1.01. The molecule has 0 fully saturated rings. The summed E-state index contributed by atoms with van der Waals surface area (Å²) in [6, 6.07) is 4.35. The summed E-state index contributed by atoms with van der Waals surface area (Å²) < 4.78 is 0.400.